The van der Waals surface area contributed by atoms with Gasteiger partial charge >= 0.3 is 15.6 Å². The lowest BCUT2D eigenvalue weighted by Gasteiger charge is -2.23. The van der Waals surface area contributed by atoms with Gasteiger partial charge in [-0.15, -0.1) is 0 Å². The summed E-state index contributed by atoms with van der Waals surface area (Å²) in [5.74, 6) is -0.761. The number of aromatic amines is 1. The van der Waals surface area contributed by atoms with Crippen molar-refractivity contribution in [1.82, 2.24) is 29.1 Å². The van der Waals surface area contributed by atoms with E-state index in [-0.39, 0.29) is 42.4 Å². The predicted octanol–water partition coefficient (Wildman–Crippen LogP) is -0.0247. The number of hydrogen-bond acceptors (Lipinski definition) is 13. The largest absolute Gasteiger partial charge is 0.472 e. The number of phosphoric acid groups is 2. The van der Waals surface area contributed by atoms with Crippen LogP contribution in [0.15, 0.2) is 28.3 Å². The first kappa shape index (κ1) is 30.5. The quantitative estimate of drug-likeness (QED) is 0.152. The number of anilines is 2. The lowest BCUT2D eigenvalue weighted by molar-refractivity contribution is -0.0261. The van der Waals surface area contributed by atoms with E-state index in [0.717, 1.165) is 0 Å². The molecule has 1 saturated carbocycles. The Morgan fingerprint density at radius 3 is 2.71 bits per heavy atom. The van der Waals surface area contributed by atoms with Gasteiger partial charge in [-0.25, -0.2) is 19.1 Å². The molecular weight excluding hydrogens is 602 g/mol. The number of fused-ring (bicyclic) bond motifs is 1. The molecule has 0 amide bonds. The van der Waals surface area contributed by atoms with Gasteiger partial charge in [0.05, 0.1) is 31.7 Å². The van der Waals surface area contributed by atoms with Crippen LogP contribution in [0.2, 0.25) is 0 Å². The van der Waals surface area contributed by atoms with Gasteiger partial charge in [-0.2, -0.15) is 4.98 Å². The fourth-order valence-electron chi connectivity index (χ4n) is 5.04. The number of aryl methyl sites for hydroxylation is 1. The van der Waals surface area contributed by atoms with E-state index in [9.17, 15) is 23.6 Å². The van der Waals surface area contributed by atoms with E-state index in [0.29, 0.717) is 12.8 Å². The summed E-state index contributed by atoms with van der Waals surface area (Å²) in [6.07, 6.45) is 3.29. The van der Waals surface area contributed by atoms with Crippen LogP contribution in [0.3, 0.4) is 0 Å². The van der Waals surface area contributed by atoms with Gasteiger partial charge in [0.2, 0.25) is 5.95 Å². The molecule has 5 rings (SSSR count). The highest BCUT2D eigenvalue weighted by Crippen LogP contribution is 2.50. The molecule has 7 N–H and O–H groups in total. The summed E-state index contributed by atoms with van der Waals surface area (Å²) in [6.45, 7) is -0.782. The van der Waals surface area contributed by atoms with Crippen LogP contribution < -0.4 is 22.2 Å². The van der Waals surface area contributed by atoms with Gasteiger partial charge in [0.15, 0.2) is 17.0 Å². The third kappa shape index (κ3) is 7.14. The van der Waals surface area contributed by atoms with Crippen molar-refractivity contribution in [3.63, 3.8) is 0 Å². The molecule has 0 aromatic carbocycles. The lowest BCUT2D eigenvalue weighted by atomic mass is 10.1. The number of rotatable bonds is 11. The van der Waals surface area contributed by atoms with Crippen LogP contribution in [-0.4, -0.2) is 75.2 Å². The zero-order chi connectivity index (χ0) is 30.2. The van der Waals surface area contributed by atoms with E-state index in [4.69, 9.17) is 29.3 Å². The minimum absolute atomic E-state index is 0.0461. The monoisotopic (exact) mass is 632 g/mol. The standard InChI is InChI=1S/C21H30N8O11P2/c1-28-5-4-23-17(20(28)31)25-12-6-11(8-37-41(32,33)34)14(7-12)40-42(35,36)38-9-13-2-3-15(39-13)29-10-24-16-18(29)26-21(22)27-19(16)30/h4-5,10-15H,2-3,6-9H2,1H3,(H,23,25)(H,35,36)(H2,32,33,34)(H3,22,26,27,30)/t11-,12-,13+,14+,15-/m1/s1. The van der Waals surface area contributed by atoms with Gasteiger partial charge in [0.1, 0.15) is 6.23 Å². The Balaban J connectivity index is 1.20. The molecule has 6 atom stereocenters. The van der Waals surface area contributed by atoms with Crippen LogP contribution >= 0.6 is 15.6 Å². The molecular formula is C21H30N8O11P2. The maximum Gasteiger partial charge on any atom is 0.472 e. The highest BCUT2D eigenvalue weighted by molar-refractivity contribution is 7.47. The maximum atomic E-state index is 12.9. The number of nitrogen functional groups attached to an aromatic ring is 1. The van der Waals surface area contributed by atoms with Crippen molar-refractivity contribution in [3.8, 4) is 0 Å². The Kier molecular flexibility index (Phi) is 8.67. The third-order valence-corrected chi connectivity index (χ3v) is 8.48. The molecule has 1 unspecified atom stereocenters. The molecule has 42 heavy (non-hydrogen) atoms. The number of hydrogen-bond donors (Lipinski definition) is 6. The second-order valence-electron chi connectivity index (χ2n) is 10.0. The number of phosphoric ester groups is 2. The first-order valence-corrected chi connectivity index (χ1v) is 15.8. The molecule has 0 spiro atoms. The minimum atomic E-state index is -4.83. The SMILES string of the molecule is Cn1ccnc(N[C@@H]2C[C@H](COP(=O)(O)O)[C@@H](OP(=O)(O)OC[C@@H]3CC[C@H](n4cnc5c(=O)[nH]c(N)nc54)O3)C2)c1=O. The van der Waals surface area contributed by atoms with Gasteiger partial charge < -0.3 is 35.0 Å². The van der Waals surface area contributed by atoms with E-state index >= 15 is 0 Å². The molecule has 4 heterocycles. The Morgan fingerprint density at radius 1 is 1.17 bits per heavy atom. The fourth-order valence-corrected chi connectivity index (χ4v) is 6.44. The average molecular weight is 632 g/mol. The van der Waals surface area contributed by atoms with Gasteiger partial charge in [0, 0.05) is 31.4 Å². The summed E-state index contributed by atoms with van der Waals surface area (Å²) >= 11 is 0. The summed E-state index contributed by atoms with van der Waals surface area (Å²) < 4.78 is 48.2. The molecule has 1 saturated heterocycles. The van der Waals surface area contributed by atoms with Crippen LogP contribution in [0.1, 0.15) is 31.9 Å². The Morgan fingerprint density at radius 2 is 1.95 bits per heavy atom. The molecule has 230 valence electrons. The second-order valence-corrected chi connectivity index (χ2v) is 12.7. The highest BCUT2D eigenvalue weighted by Gasteiger charge is 2.42. The average Bonchev–Trinajstić information content (AvgIpc) is 3.62. The lowest BCUT2D eigenvalue weighted by Crippen LogP contribution is -2.27. The summed E-state index contributed by atoms with van der Waals surface area (Å²) in [5.41, 5.74) is 5.07. The smallest absolute Gasteiger partial charge is 0.369 e. The van der Waals surface area contributed by atoms with E-state index in [1.165, 1.54) is 23.3 Å². The number of ether oxygens (including phenoxy) is 1. The van der Waals surface area contributed by atoms with Crippen molar-refractivity contribution >= 4 is 38.6 Å². The Bertz CT molecular complexity index is 1650. The number of nitrogens with two attached hydrogens (primary N) is 1. The van der Waals surface area contributed by atoms with Crippen LogP contribution in [0.4, 0.5) is 11.8 Å². The van der Waals surface area contributed by atoms with Crippen molar-refractivity contribution in [2.24, 2.45) is 13.0 Å². The molecule has 2 fully saturated rings. The van der Waals surface area contributed by atoms with Crippen molar-refractivity contribution in [2.45, 2.75) is 50.2 Å². The molecule has 19 nitrogen and oxygen atoms in total. The topological polar surface area (TPSA) is 268 Å². The van der Waals surface area contributed by atoms with Crippen LogP contribution in [0, 0.1) is 5.92 Å². The Labute approximate surface area is 236 Å². The number of imidazole rings is 1. The summed E-state index contributed by atoms with van der Waals surface area (Å²) in [7, 11) is -7.97. The van der Waals surface area contributed by atoms with Crippen molar-refractivity contribution < 1.29 is 42.1 Å². The molecule has 3 aromatic rings. The Hall–Kier alpha value is -2.99. The van der Waals surface area contributed by atoms with Gasteiger partial charge in [0.25, 0.3) is 11.1 Å². The molecule has 1 aliphatic carbocycles. The third-order valence-electron chi connectivity index (χ3n) is 6.98. The zero-order valence-electron chi connectivity index (χ0n) is 22.2. The summed E-state index contributed by atoms with van der Waals surface area (Å²) in [6, 6.07) is -0.484. The molecule has 3 aromatic heterocycles. The van der Waals surface area contributed by atoms with E-state index < -0.39 is 63.8 Å². The van der Waals surface area contributed by atoms with E-state index in [1.807, 2.05) is 0 Å². The van der Waals surface area contributed by atoms with Gasteiger partial charge in [-0.05, 0) is 25.7 Å². The highest BCUT2D eigenvalue weighted by atomic mass is 31.2. The fraction of sp³-hybridized carbons (Fsp3) is 0.571. The van der Waals surface area contributed by atoms with Gasteiger partial charge in [-0.1, -0.05) is 0 Å². The summed E-state index contributed by atoms with van der Waals surface area (Å²) in [4.78, 5) is 67.7. The molecule has 2 aliphatic rings. The number of nitrogens with zero attached hydrogens (tertiary/aromatic N) is 5. The van der Waals surface area contributed by atoms with Gasteiger partial charge in [-0.3, -0.25) is 32.7 Å². The van der Waals surface area contributed by atoms with Crippen LogP contribution in [0.5, 0.6) is 0 Å². The first-order chi connectivity index (χ1) is 19.8. The van der Waals surface area contributed by atoms with Crippen LogP contribution in [0.25, 0.3) is 11.2 Å². The maximum absolute atomic E-state index is 12.9. The first-order valence-electron chi connectivity index (χ1n) is 12.8. The molecule has 0 bridgehead atoms. The molecule has 1 aliphatic heterocycles. The number of nitrogens with one attached hydrogen (secondary N) is 2. The predicted molar refractivity (Wildman–Crippen MR) is 144 cm³/mol. The van der Waals surface area contributed by atoms with E-state index in [2.05, 4.69) is 29.8 Å². The molecule has 21 heteroatoms. The summed E-state index contributed by atoms with van der Waals surface area (Å²) in [5, 5.41) is 2.96. The molecule has 0 radical (unpaired) electrons. The number of aromatic nitrogens is 6. The van der Waals surface area contributed by atoms with E-state index in [1.54, 1.807) is 11.6 Å². The number of H-pyrrole nitrogens is 1. The van der Waals surface area contributed by atoms with Crippen molar-refractivity contribution in [1.29, 1.82) is 0 Å². The normalized spacial score (nSPS) is 26.0. The van der Waals surface area contributed by atoms with Crippen molar-refractivity contribution in [2.75, 3.05) is 24.3 Å². The second kappa shape index (κ2) is 11.9. The zero-order valence-corrected chi connectivity index (χ0v) is 24.0. The van der Waals surface area contributed by atoms with Crippen molar-refractivity contribution in [3.05, 3.63) is 39.4 Å². The minimum Gasteiger partial charge on any atom is -0.369 e. The van der Waals surface area contributed by atoms with Crippen LogP contribution in [-0.2, 0) is 34.5 Å².